The number of benzene rings is 1. The average molecular weight is 250 g/mol. The number of likely N-dealkylation sites (N-methyl/N-ethyl adjacent to an activating group) is 1. The van der Waals surface area contributed by atoms with E-state index in [2.05, 4.69) is 5.32 Å². The summed E-state index contributed by atoms with van der Waals surface area (Å²) in [6.07, 6.45) is 1.66. The van der Waals surface area contributed by atoms with Crippen molar-refractivity contribution >= 4 is 16.7 Å². The molecule has 4 nitrogen and oxygen atoms in total. The van der Waals surface area contributed by atoms with E-state index in [0.717, 1.165) is 5.52 Å². The van der Waals surface area contributed by atoms with Gasteiger partial charge in [0.2, 0.25) is 0 Å². The molecule has 0 spiro atoms. The van der Waals surface area contributed by atoms with Crippen LogP contribution in [0.5, 0.6) is 0 Å². The van der Waals surface area contributed by atoms with Gasteiger partial charge in [-0.2, -0.15) is 0 Å². The summed E-state index contributed by atoms with van der Waals surface area (Å²) >= 11 is 0. The van der Waals surface area contributed by atoms with E-state index in [1.54, 1.807) is 30.9 Å². The number of rotatable bonds is 4. The van der Waals surface area contributed by atoms with Crippen molar-refractivity contribution in [3.05, 3.63) is 35.8 Å². The molecule has 1 unspecified atom stereocenters. The van der Waals surface area contributed by atoms with Crippen LogP contribution in [-0.2, 0) is 7.05 Å². The van der Waals surface area contributed by atoms with Crippen molar-refractivity contribution in [3.8, 4) is 0 Å². The number of aryl methyl sites for hydroxylation is 1. The number of nitrogens with zero attached hydrogens (tertiary/aromatic N) is 1. The van der Waals surface area contributed by atoms with Gasteiger partial charge in [0.1, 0.15) is 5.82 Å². The molecule has 5 heteroatoms. The van der Waals surface area contributed by atoms with Crippen LogP contribution in [0.2, 0.25) is 0 Å². The summed E-state index contributed by atoms with van der Waals surface area (Å²) in [6, 6.07) is 3.67. The lowest BCUT2D eigenvalue weighted by Crippen LogP contribution is -2.37. The largest absolute Gasteiger partial charge is 0.394 e. The van der Waals surface area contributed by atoms with Crippen molar-refractivity contribution in [1.82, 2.24) is 9.88 Å². The van der Waals surface area contributed by atoms with Crippen molar-refractivity contribution in [2.75, 3.05) is 13.7 Å². The molecule has 0 fully saturated rings. The smallest absolute Gasteiger partial charge is 0.184 e. The van der Waals surface area contributed by atoms with Crippen LogP contribution >= 0.6 is 0 Å². The maximum atomic E-state index is 13.3. The van der Waals surface area contributed by atoms with E-state index in [0.29, 0.717) is 10.9 Å². The number of ketones is 1. The number of aliphatic hydroxyl groups is 1. The zero-order valence-electron chi connectivity index (χ0n) is 10.3. The molecular weight excluding hydrogens is 235 g/mol. The monoisotopic (exact) mass is 250 g/mol. The summed E-state index contributed by atoms with van der Waals surface area (Å²) in [7, 11) is 3.40. The van der Waals surface area contributed by atoms with Gasteiger partial charge >= 0.3 is 0 Å². The number of aromatic nitrogens is 1. The maximum Gasteiger partial charge on any atom is 0.184 e. The number of nitrogens with one attached hydrogen (secondary N) is 1. The minimum atomic E-state index is -0.668. The summed E-state index contributed by atoms with van der Waals surface area (Å²) in [5.74, 6) is -0.621. The fourth-order valence-corrected chi connectivity index (χ4v) is 2.05. The zero-order chi connectivity index (χ0) is 13.3. The molecule has 2 aromatic rings. The second kappa shape index (κ2) is 4.88. The molecule has 0 saturated carbocycles. The zero-order valence-corrected chi connectivity index (χ0v) is 10.3. The van der Waals surface area contributed by atoms with Gasteiger partial charge in [0.25, 0.3) is 0 Å². The van der Waals surface area contributed by atoms with Crippen LogP contribution in [0.15, 0.2) is 24.4 Å². The molecule has 0 saturated heterocycles. The van der Waals surface area contributed by atoms with Crippen molar-refractivity contribution in [1.29, 1.82) is 0 Å². The molecule has 0 bridgehead atoms. The number of aliphatic hydroxyl groups excluding tert-OH is 1. The van der Waals surface area contributed by atoms with E-state index in [4.69, 9.17) is 5.11 Å². The second-order valence-corrected chi connectivity index (χ2v) is 4.20. The maximum absolute atomic E-state index is 13.3. The Morgan fingerprint density at radius 1 is 1.56 bits per heavy atom. The Kier molecular flexibility index (Phi) is 3.45. The van der Waals surface area contributed by atoms with Crippen LogP contribution in [0.3, 0.4) is 0 Å². The van der Waals surface area contributed by atoms with Gasteiger partial charge < -0.3 is 15.0 Å². The van der Waals surface area contributed by atoms with Crippen LogP contribution in [0.1, 0.15) is 10.4 Å². The highest BCUT2D eigenvalue weighted by atomic mass is 19.1. The number of Topliss-reactive ketones (excluding diaryl/α,β-unsaturated/α-hetero) is 1. The highest BCUT2D eigenvalue weighted by Crippen LogP contribution is 2.22. The molecule has 96 valence electrons. The summed E-state index contributed by atoms with van der Waals surface area (Å²) in [5.41, 5.74) is 1.20. The molecule has 0 radical (unpaired) electrons. The number of carbonyl (C=O) groups is 1. The van der Waals surface area contributed by atoms with Crippen molar-refractivity contribution in [2.24, 2.45) is 7.05 Å². The molecular formula is C13H15FN2O2. The Labute approximate surface area is 104 Å². The Morgan fingerprint density at radius 3 is 2.89 bits per heavy atom. The molecule has 1 heterocycles. The minimum absolute atomic E-state index is 0.240. The lowest BCUT2D eigenvalue weighted by atomic mass is 10.0. The number of carbonyl (C=O) groups excluding carboxylic acids is 1. The predicted octanol–water partition coefficient (Wildman–Crippen LogP) is 1.08. The summed E-state index contributed by atoms with van der Waals surface area (Å²) < 4.78 is 15.0. The lowest BCUT2D eigenvalue weighted by Gasteiger charge is -2.10. The Balaban J connectivity index is 2.57. The van der Waals surface area contributed by atoms with Crippen LogP contribution < -0.4 is 5.32 Å². The molecule has 1 aromatic heterocycles. The fraction of sp³-hybridized carbons (Fsp3) is 0.308. The third-order valence-corrected chi connectivity index (χ3v) is 3.06. The highest BCUT2D eigenvalue weighted by Gasteiger charge is 2.21. The predicted molar refractivity (Wildman–Crippen MR) is 67.1 cm³/mol. The van der Waals surface area contributed by atoms with E-state index >= 15 is 0 Å². The van der Waals surface area contributed by atoms with E-state index < -0.39 is 6.04 Å². The van der Waals surface area contributed by atoms with Crippen LogP contribution in [0.25, 0.3) is 10.9 Å². The SMILES string of the molecule is CNC(CO)C(=O)c1cn(C)c2ccc(F)cc12. The third kappa shape index (κ3) is 2.02. The van der Waals surface area contributed by atoms with Gasteiger partial charge in [0.15, 0.2) is 5.78 Å². The molecule has 0 aliphatic heterocycles. The number of fused-ring (bicyclic) bond motifs is 1. The van der Waals surface area contributed by atoms with E-state index in [1.165, 1.54) is 12.1 Å². The van der Waals surface area contributed by atoms with E-state index in [9.17, 15) is 9.18 Å². The van der Waals surface area contributed by atoms with Crippen molar-refractivity contribution in [3.63, 3.8) is 0 Å². The second-order valence-electron chi connectivity index (χ2n) is 4.20. The van der Waals surface area contributed by atoms with E-state index in [-0.39, 0.29) is 18.2 Å². The first kappa shape index (κ1) is 12.7. The number of hydrogen-bond donors (Lipinski definition) is 2. The Bertz CT molecular complexity index is 588. The molecule has 18 heavy (non-hydrogen) atoms. The standard InChI is InChI=1S/C13H15FN2O2/c1-15-11(7-17)13(18)10-6-16(2)12-4-3-8(14)5-9(10)12/h3-6,11,15,17H,7H2,1-2H3. The first-order chi connectivity index (χ1) is 8.58. The van der Waals surface area contributed by atoms with Gasteiger partial charge in [-0.1, -0.05) is 0 Å². The molecule has 0 aliphatic carbocycles. The van der Waals surface area contributed by atoms with Gasteiger partial charge in [-0.25, -0.2) is 4.39 Å². The topological polar surface area (TPSA) is 54.3 Å². The van der Waals surface area contributed by atoms with Gasteiger partial charge in [-0.15, -0.1) is 0 Å². The van der Waals surface area contributed by atoms with Gasteiger partial charge in [-0.3, -0.25) is 4.79 Å². The molecule has 0 aliphatic rings. The van der Waals surface area contributed by atoms with Crippen LogP contribution in [-0.4, -0.2) is 35.2 Å². The Morgan fingerprint density at radius 2 is 2.28 bits per heavy atom. The van der Waals surface area contributed by atoms with Crippen LogP contribution in [0.4, 0.5) is 4.39 Å². The molecule has 0 amide bonds. The lowest BCUT2D eigenvalue weighted by molar-refractivity contribution is 0.0906. The van der Waals surface area contributed by atoms with Crippen molar-refractivity contribution < 1.29 is 14.3 Å². The summed E-state index contributed by atoms with van der Waals surface area (Å²) in [6.45, 7) is -0.291. The molecule has 2 N–H and O–H groups in total. The Hall–Kier alpha value is -1.72. The minimum Gasteiger partial charge on any atom is -0.394 e. The summed E-state index contributed by atoms with van der Waals surface area (Å²) in [4.78, 5) is 12.2. The number of hydrogen-bond acceptors (Lipinski definition) is 3. The quantitative estimate of drug-likeness (QED) is 0.798. The molecule has 2 rings (SSSR count). The highest BCUT2D eigenvalue weighted by molar-refractivity contribution is 6.10. The van der Waals surface area contributed by atoms with E-state index in [1.807, 2.05) is 0 Å². The number of halogens is 1. The molecule has 1 atom stereocenters. The van der Waals surface area contributed by atoms with Gasteiger partial charge in [0.05, 0.1) is 12.6 Å². The fourth-order valence-electron chi connectivity index (χ4n) is 2.05. The van der Waals surface area contributed by atoms with Crippen molar-refractivity contribution in [2.45, 2.75) is 6.04 Å². The van der Waals surface area contributed by atoms with Gasteiger partial charge in [-0.05, 0) is 25.2 Å². The summed E-state index contributed by atoms with van der Waals surface area (Å²) in [5, 5.41) is 12.4. The third-order valence-electron chi connectivity index (χ3n) is 3.06. The van der Waals surface area contributed by atoms with Gasteiger partial charge in [0, 0.05) is 29.7 Å². The molecule has 1 aromatic carbocycles. The normalized spacial score (nSPS) is 12.9. The average Bonchev–Trinajstić information content (AvgIpc) is 2.67. The first-order valence-corrected chi connectivity index (χ1v) is 5.65. The van der Waals surface area contributed by atoms with Crippen LogP contribution in [0, 0.1) is 5.82 Å². The first-order valence-electron chi connectivity index (χ1n) is 5.65.